The Bertz CT molecular complexity index is 544. The molecular weight excluding hydrogens is 228 g/mol. The van der Waals surface area contributed by atoms with Gasteiger partial charge in [0, 0.05) is 6.07 Å². The van der Waals surface area contributed by atoms with Gasteiger partial charge in [0.25, 0.3) is 0 Å². The van der Waals surface area contributed by atoms with E-state index in [4.69, 9.17) is 15.7 Å². The quantitative estimate of drug-likeness (QED) is 0.794. The SMILES string of the molecule is CCS(=O)(=O)c1c(N)cc(OC)cc1C#N. The van der Waals surface area contributed by atoms with Crippen LogP contribution < -0.4 is 10.5 Å². The van der Waals surface area contributed by atoms with Crippen molar-refractivity contribution in [1.29, 1.82) is 5.26 Å². The van der Waals surface area contributed by atoms with Gasteiger partial charge in [-0.15, -0.1) is 0 Å². The molecule has 0 fully saturated rings. The van der Waals surface area contributed by atoms with Crippen molar-refractivity contribution in [3.8, 4) is 11.8 Å². The minimum absolute atomic E-state index is 0.0127. The second kappa shape index (κ2) is 4.41. The lowest BCUT2D eigenvalue weighted by molar-refractivity contribution is 0.414. The zero-order valence-electron chi connectivity index (χ0n) is 9.02. The molecule has 1 rings (SSSR count). The van der Waals surface area contributed by atoms with Crippen molar-refractivity contribution in [1.82, 2.24) is 0 Å². The number of rotatable bonds is 3. The van der Waals surface area contributed by atoms with E-state index >= 15 is 0 Å². The molecular formula is C10H12N2O3S. The lowest BCUT2D eigenvalue weighted by Crippen LogP contribution is -2.09. The summed E-state index contributed by atoms with van der Waals surface area (Å²) < 4.78 is 28.4. The second-order valence-electron chi connectivity index (χ2n) is 3.11. The van der Waals surface area contributed by atoms with Crippen LogP contribution in [0.15, 0.2) is 17.0 Å². The third-order valence-corrected chi connectivity index (χ3v) is 3.98. The molecule has 0 atom stereocenters. The van der Waals surface area contributed by atoms with E-state index < -0.39 is 9.84 Å². The molecule has 86 valence electrons. The first-order valence-electron chi connectivity index (χ1n) is 4.56. The van der Waals surface area contributed by atoms with E-state index in [1.165, 1.54) is 26.2 Å². The maximum Gasteiger partial charge on any atom is 0.181 e. The van der Waals surface area contributed by atoms with Gasteiger partial charge < -0.3 is 10.5 Å². The number of benzene rings is 1. The van der Waals surface area contributed by atoms with Crippen molar-refractivity contribution in [3.05, 3.63) is 17.7 Å². The van der Waals surface area contributed by atoms with E-state index in [1.807, 2.05) is 6.07 Å². The molecule has 1 aromatic rings. The molecule has 2 N–H and O–H groups in total. The van der Waals surface area contributed by atoms with Crippen LogP contribution in [0.5, 0.6) is 5.75 Å². The molecule has 0 amide bonds. The largest absolute Gasteiger partial charge is 0.497 e. The minimum Gasteiger partial charge on any atom is -0.497 e. The highest BCUT2D eigenvalue weighted by molar-refractivity contribution is 7.91. The van der Waals surface area contributed by atoms with E-state index in [0.717, 1.165) is 0 Å². The summed E-state index contributed by atoms with van der Waals surface area (Å²) in [7, 11) is -2.08. The lowest BCUT2D eigenvalue weighted by atomic mass is 10.2. The van der Waals surface area contributed by atoms with E-state index in [-0.39, 0.29) is 21.9 Å². The van der Waals surface area contributed by atoms with Crippen molar-refractivity contribution >= 4 is 15.5 Å². The van der Waals surface area contributed by atoms with Crippen LogP contribution in [-0.2, 0) is 9.84 Å². The van der Waals surface area contributed by atoms with Crippen LogP contribution in [0, 0.1) is 11.3 Å². The number of methoxy groups -OCH3 is 1. The number of nitrogen functional groups attached to an aromatic ring is 1. The third-order valence-electron chi connectivity index (χ3n) is 2.14. The number of anilines is 1. The monoisotopic (exact) mass is 240 g/mol. The zero-order chi connectivity index (χ0) is 12.3. The summed E-state index contributed by atoms with van der Waals surface area (Å²) in [5, 5.41) is 8.90. The van der Waals surface area contributed by atoms with Gasteiger partial charge in [-0.3, -0.25) is 0 Å². The maximum absolute atomic E-state index is 11.7. The molecule has 0 aromatic heterocycles. The van der Waals surface area contributed by atoms with Crippen LogP contribution in [0.4, 0.5) is 5.69 Å². The Balaban J connectivity index is 3.59. The minimum atomic E-state index is -3.50. The van der Waals surface area contributed by atoms with Gasteiger partial charge in [-0.05, 0) is 6.07 Å². The highest BCUT2D eigenvalue weighted by Crippen LogP contribution is 2.28. The standard InChI is InChI=1S/C10H12N2O3S/c1-3-16(13,14)10-7(6-11)4-8(15-2)5-9(10)12/h4-5H,3,12H2,1-2H3. The third kappa shape index (κ3) is 2.09. The number of nitrogens with two attached hydrogens (primary N) is 1. The van der Waals surface area contributed by atoms with Gasteiger partial charge in [0.05, 0.1) is 24.1 Å². The summed E-state index contributed by atoms with van der Waals surface area (Å²) >= 11 is 0. The first-order valence-corrected chi connectivity index (χ1v) is 6.21. The molecule has 0 aliphatic rings. The smallest absolute Gasteiger partial charge is 0.181 e. The van der Waals surface area contributed by atoms with Gasteiger partial charge >= 0.3 is 0 Å². The van der Waals surface area contributed by atoms with Crippen LogP contribution in [0.2, 0.25) is 0 Å². The molecule has 16 heavy (non-hydrogen) atoms. The van der Waals surface area contributed by atoms with Crippen LogP contribution in [-0.4, -0.2) is 21.3 Å². The highest BCUT2D eigenvalue weighted by atomic mass is 32.2. The first-order chi connectivity index (χ1) is 7.46. The number of ether oxygens (including phenoxy) is 1. The predicted octanol–water partition coefficient (Wildman–Crippen LogP) is 0.943. The van der Waals surface area contributed by atoms with Crippen LogP contribution in [0.3, 0.4) is 0 Å². The molecule has 0 radical (unpaired) electrons. The topological polar surface area (TPSA) is 93.2 Å². The average Bonchev–Trinajstić information content (AvgIpc) is 2.27. The number of nitriles is 1. The van der Waals surface area contributed by atoms with E-state index in [0.29, 0.717) is 5.75 Å². The Morgan fingerprint density at radius 2 is 2.12 bits per heavy atom. The molecule has 0 unspecified atom stereocenters. The summed E-state index contributed by atoms with van der Waals surface area (Å²) in [5.74, 6) is 0.266. The van der Waals surface area contributed by atoms with Crippen molar-refractivity contribution < 1.29 is 13.2 Å². The van der Waals surface area contributed by atoms with Crippen molar-refractivity contribution in [2.24, 2.45) is 0 Å². The predicted molar refractivity (Wildman–Crippen MR) is 59.8 cm³/mol. The van der Waals surface area contributed by atoms with Gasteiger partial charge in [-0.1, -0.05) is 6.92 Å². The van der Waals surface area contributed by atoms with Crippen molar-refractivity contribution in [2.75, 3.05) is 18.6 Å². The normalized spacial score (nSPS) is 10.8. The van der Waals surface area contributed by atoms with Crippen molar-refractivity contribution in [2.45, 2.75) is 11.8 Å². The number of hydrogen-bond donors (Lipinski definition) is 1. The van der Waals surface area contributed by atoms with Crippen molar-refractivity contribution in [3.63, 3.8) is 0 Å². The molecule has 6 heteroatoms. The molecule has 0 aliphatic carbocycles. The summed E-state index contributed by atoms with van der Waals surface area (Å²) in [6, 6.07) is 4.56. The van der Waals surface area contributed by atoms with Crippen LogP contribution in [0.1, 0.15) is 12.5 Å². The molecule has 1 aromatic carbocycles. The van der Waals surface area contributed by atoms with Gasteiger partial charge in [-0.2, -0.15) is 5.26 Å². The Morgan fingerprint density at radius 1 is 1.50 bits per heavy atom. The van der Waals surface area contributed by atoms with Crippen LogP contribution >= 0.6 is 0 Å². The summed E-state index contributed by atoms with van der Waals surface area (Å²) in [6.45, 7) is 1.50. The van der Waals surface area contributed by atoms with E-state index in [2.05, 4.69) is 0 Å². The van der Waals surface area contributed by atoms with Gasteiger partial charge in [0.15, 0.2) is 9.84 Å². The van der Waals surface area contributed by atoms with E-state index in [1.54, 1.807) is 0 Å². The Morgan fingerprint density at radius 3 is 2.56 bits per heavy atom. The fraction of sp³-hybridized carbons (Fsp3) is 0.300. The molecule has 0 heterocycles. The average molecular weight is 240 g/mol. The number of sulfone groups is 1. The molecule has 0 aliphatic heterocycles. The maximum atomic E-state index is 11.7. The molecule has 0 spiro atoms. The Labute approximate surface area is 94.4 Å². The van der Waals surface area contributed by atoms with Crippen LogP contribution in [0.25, 0.3) is 0 Å². The Hall–Kier alpha value is -1.74. The van der Waals surface area contributed by atoms with Gasteiger partial charge in [0.2, 0.25) is 0 Å². The molecule has 0 bridgehead atoms. The highest BCUT2D eigenvalue weighted by Gasteiger charge is 2.21. The Kier molecular flexibility index (Phi) is 3.40. The van der Waals surface area contributed by atoms with Gasteiger partial charge in [-0.25, -0.2) is 8.42 Å². The summed E-state index contributed by atoms with van der Waals surface area (Å²) in [4.78, 5) is -0.113. The second-order valence-corrected chi connectivity index (χ2v) is 5.32. The first kappa shape index (κ1) is 12.3. The lowest BCUT2D eigenvalue weighted by Gasteiger charge is -2.09. The molecule has 0 saturated heterocycles. The number of nitrogens with zero attached hydrogens (tertiary/aromatic N) is 1. The number of hydrogen-bond acceptors (Lipinski definition) is 5. The zero-order valence-corrected chi connectivity index (χ0v) is 9.84. The summed E-state index contributed by atoms with van der Waals surface area (Å²) in [5.41, 5.74) is 5.68. The summed E-state index contributed by atoms with van der Waals surface area (Å²) in [6.07, 6.45) is 0. The molecule has 5 nitrogen and oxygen atoms in total. The fourth-order valence-electron chi connectivity index (χ4n) is 1.32. The van der Waals surface area contributed by atoms with Gasteiger partial charge in [0.1, 0.15) is 16.7 Å². The van der Waals surface area contributed by atoms with E-state index in [9.17, 15) is 8.42 Å². The fourth-order valence-corrected chi connectivity index (χ4v) is 2.46. The molecule has 0 saturated carbocycles.